The second-order valence-electron chi connectivity index (χ2n) is 6.58. The molecule has 0 atom stereocenters. The number of aromatic nitrogens is 4. The van der Waals surface area contributed by atoms with Gasteiger partial charge in [-0.25, -0.2) is 9.97 Å². The zero-order valence-corrected chi connectivity index (χ0v) is 18.1. The number of hydrogen-bond acceptors (Lipinski definition) is 6. The lowest BCUT2D eigenvalue weighted by Crippen LogP contribution is -2.09. The standard InChI is InChI=1S/C21H18ClN5O2S/c1-12-13(2)27(11-23-12)19-10-20(25-14(3)24-19)29-16-6-4-15(5-7-16)26-21(28)17-8-9-18(22)30-17/h4-11H,1-3H3,(H,26,28). The Labute approximate surface area is 182 Å². The minimum absolute atomic E-state index is 0.206. The maximum absolute atomic E-state index is 12.2. The van der Waals surface area contributed by atoms with Gasteiger partial charge in [-0.15, -0.1) is 11.3 Å². The summed E-state index contributed by atoms with van der Waals surface area (Å²) in [6.07, 6.45) is 1.73. The summed E-state index contributed by atoms with van der Waals surface area (Å²) < 4.78 is 8.37. The molecule has 0 saturated heterocycles. The highest BCUT2D eigenvalue weighted by Gasteiger charge is 2.11. The van der Waals surface area contributed by atoms with E-state index in [1.807, 2.05) is 25.3 Å². The van der Waals surface area contributed by atoms with Crippen LogP contribution in [0.25, 0.3) is 5.82 Å². The Hall–Kier alpha value is -3.23. The highest BCUT2D eigenvalue weighted by atomic mass is 35.5. The Morgan fingerprint density at radius 2 is 1.87 bits per heavy atom. The van der Waals surface area contributed by atoms with Crippen molar-refractivity contribution in [2.24, 2.45) is 0 Å². The van der Waals surface area contributed by atoms with Crippen LogP contribution in [0.15, 0.2) is 48.8 Å². The third-order valence-corrected chi connectivity index (χ3v) is 5.66. The van der Waals surface area contributed by atoms with Gasteiger partial charge in [0.2, 0.25) is 5.88 Å². The SMILES string of the molecule is Cc1nc(Oc2ccc(NC(=O)c3ccc(Cl)s3)cc2)cc(-n2cnc(C)c2C)n1. The Morgan fingerprint density at radius 3 is 2.50 bits per heavy atom. The van der Waals surface area contributed by atoms with E-state index in [-0.39, 0.29) is 5.91 Å². The van der Waals surface area contributed by atoms with Crippen molar-refractivity contribution in [2.75, 3.05) is 5.32 Å². The fourth-order valence-electron chi connectivity index (χ4n) is 2.79. The molecule has 3 heterocycles. The summed E-state index contributed by atoms with van der Waals surface area (Å²) in [5, 5.41) is 2.83. The number of benzene rings is 1. The van der Waals surface area contributed by atoms with Crippen LogP contribution in [0.2, 0.25) is 4.34 Å². The molecule has 4 rings (SSSR count). The molecule has 30 heavy (non-hydrogen) atoms. The van der Waals surface area contributed by atoms with Gasteiger partial charge in [-0.3, -0.25) is 9.36 Å². The molecule has 4 aromatic rings. The number of amides is 1. The van der Waals surface area contributed by atoms with E-state index in [0.29, 0.717) is 38.2 Å². The number of ether oxygens (including phenoxy) is 1. The summed E-state index contributed by atoms with van der Waals surface area (Å²) in [7, 11) is 0. The van der Waals surface area contributed by atoms with Gasteiger partial charge in [0.05, 0.1) is 14.9 Å². The molecule has 1 aromatic carbocycles. The lowest BCUT2D eigenvalue weighted by atomic mass is 10.3. The van der Waals surface area contributed by atoms with Crippen LogP contribution in [-0.2, 0) is 0 Å². The fraction of sp³-hybridized carbons (Fsp3) is 0.143. The molecule has 7 nitrogen and oxygen atoms in total. The number of hydrogen-bond donors (Lipinski definition) is 1. The first-order chi connectivity index (χ1) is 14.4. The Bertz CT molecular complexity index is 1220. The van der Waals surface area contributed by atoms with E-state index in [1.165, 1.54) is 11.3 Å². The van der Waals surface area contributed by atoms with Crippen molar-refractivity contribution in [3.8, 4) is 17.4 Å². The predicted octanol–water partition coefficient (Wildman–Crippen LogP) is 5.35. The molecule has 1 N–H and O–H groups in total. The summed E-state index contributed by atoms with van der Waals surface area (Å²) in [5.41, 5.74) is 2.60. The zero-order valence-electron chi connectivity index (χ0n) is 16.5. The smallest absolute Gasteiger partial charge is 0.265 e. The molecule has 0 radical (unpaired) electrons. The maximum atomic E-state index is 12.2. The molecule has 0 saturated carbocycles. The van der Waals surface area contributed by atoms with E-state index in [1.54, 1.807) is 48.8 Å². The van der Waals surface area contributed by atoms with Crippen LogP contribution in [0, 0.1) is 20.8 Å². The molecule has 0 fully saturated rings. The monoisotopic (exact) mass is 439 g/mol. The number of carbonyl (C=O) groups is 1. The average molecular weight is 440 g/mol. The van der Waals surface area contributed by atoms with E-state index in [9.17, 15) is 4.79 Å². The number of imidazole rings is 1. The second kappa shape index (κ2) is 8.25. The molecule has 0 aliphatic carbocycles. The van der Waals surface area contributed by atoms with Gasteiger partial charge >= 0.3 is 0 Å². The molecule has 3 aromatic heterocycles. The fourth-order valence-corrected chi connectivity index (χ4v) is 3.72. The van der Waals surface area contributed by atoms with E-state index in [4.69, 9.17) is 16.3 Å². The molecule has 0 unspecified atom stereocenters. The summed E-state index contributed by atoms with van der Waals surface area (Å²) >= 11 is 7.11. The van der Waals surface area contributed by atoms with Crippen molar-refractivity contribution >= 4 is 34.5 Å². The molecule has 152 valence electrons. The van der Waals surface area contributed by atoms with Crippen molar-refractivity contribution < 1.29 is 9.53 Å². The summed E-state index contributed by atoms with van der Waals surface area (Å²) in [6.45, 7) is 5.74. The third kappa shape index (κ3) is 4.34. The van der Waals surface area contributed by atoms with Crippen LogP contribution >= 0.6 is 22.9 Å². The zero-order chi connectivity index (χ0) is 21.3. The van der Waals surface area contributed by atoms with E-state index >= 15 is 0 Å². The number of nitrogens with zero attached hydrogens (tertiary/aromatic N) is 4. The van der Waals surface area contributed by atoms with Gasteiger partial charge < -0.3 is 10.1 Å². The van der Waals surface area contributed by atoms with Crippen LogP contribution in [0.5, 0.6) is 11.6 Å². The molecule has 0 bridgehead atoms. The first kappa shape index (κ1) is 20.1. The Balaban J connectivity index is 1.49. The molecular weight excluding hydrogens is 422 g/mol. The van der Waals surface area contributed by atoms with Gasteiger partial charge in [0.25, 0.3) is 5.91 Å². The average Bonchev–Trinajstić information content (AvgIpc) is 3.29. The van der Waals surface area contributed by atoms with Crippen LogP contribution < -0.4 is 10.1 Å². The van der Waals surface area contributed by atoms with Gasteiger partial charge in [-0.05, 0) is 57.2 Å². The molecule has 0 aliphatic heterocycles. The van der Waals surface area contributed by atoms with Crippen molar-refractivity contribution in [3.05, 3.63) is 75.2 Å². The molecule has 0 spiro atoms. The first-order valence-electron chi connectivity index (χ1n) is 9.10. The predicted molar refractivity (Wildman–Crippen MR) is 117 cm³/mol. The largest absolute Gasteiger partial charge is 0.439 e. The van der Waals surface area contributed by atoms with Gasteiger partial charge in [0.1, 0.15) is 23.7 Å². The number of rotatable bonds is 5. The number of aryl methyl sites for hydroxylation is 2. The Morgan fingerprint density at radius 1 is 1.10 bits per heavy atom. The van der Waals surface area contributed by atoms with Gasteiger partial charge in [-0.2, -0.15) is 4.98 Å². The second-order valence-corrected chi connectivity index (χ2v) is 8.30. The van der Waals surface area contributed by atoms with Crippen LogP contribution in [0.1, 0.15) is 26.9 Å². The number of anilines is 1. The van der Waals surface area contributed by atoms with E-state index in [0.717, 1.165) is 11.4 Å². The molecule has 0 aliphatic rings. The summed E-state index contributed by atoms with van der Waals surface area (Å²) in [4.78, 5) is 25.9. The number of thiophene rings is 1. The van der Waals surface area contributed by atoms with Crippen LogP contribution in [-0.4, -0.2) is 25.4 Å². The number of carbonyl (C=O) groups excluding carboxylic acids is 1. The topological polar surface area (TPSA) is 81.9 Å². The molecule has 1 amide bonds. The summed E-state index contributed by atoms with van der Waals surface area (Å²) in [5.74, 6) is 2.09. The molecular formula is C21H18ClN5O2S. The first-order valence-corrected chi connectivity index (χ1v) is 10.3. The number of nitrogens with one attached hydrogen (secondary N) is 1. The van der Waals surface area contributed by atoms with Crippen molar-refractivity contribution in [2.45, 2.75) is 20.8 Å². The van der Waals surface area contributed by atoms with Gasteiger partial charge in [0, 0.05) is 17.4 Å². The lowest BCUT2D eigenvalue weighted by Gasteiger charge is -2.10. The van der Waals surface area contributed by atoms with E-state index < -0.39 is 0 Å². The lowest BCUT2D eigenvalue weighted by molar-refractivity contribution is 0.103. The normalized spacial score (nSPS) is 10.8. The van der Waals surface area contributed by atoms with Gasteiger partial charge in [0.15, 0.2) is 0 Å². The summed E-state index contributed by atoms with van der Waals surface area (Å²) in [6, 6.07) is 12.2. The number of halogens is 1. The van der Waals surface area contributed by atoms with Crippen molar-refractivity contribution in [1.82, 2.24) is 19.5 Å². The highest BCUT2D eigenvalue weighted by molar-refractivity contribution is 7.18. The van der Waals surface area contributed by atoms with Gasteiger partial charge in [-0.1, -0.05) is 11.6 Å². The van der Waals surface area contributed by atoms with Crippen molar-refractivity contribution in [1.29, 1.82) is 0 Å². The van der Waals surface area contributed by atoms with Crippen LogP contribution in [0.4, 0.5) is 5.69 Å². The van der Waals surface area contributed by atoms with Crippen molar-refractivity contribution in [3.63, 3.8) is 0 Å². The quantitative estimate of drug-likeness (QED) is 0.453. The third-order valence-electron chi connectivity index (χ3n) is 4.43. The Kier molecular flexibility index (Phi) is 5.52. The van der Waals surface area contributed by atoms with Crippen LogP contribution in [0.3, 0.4) is 0 Å². The minimum atomic E-state index is -0.206. The minimum Gasteiger partial charge on any atom is -0.439 e. The highest BCUT2D eigenvalue weighted by Crippen LogP contribution is 2.25. The van der Waals surface area contributed by atoms with E-state index in [2.05, 4.69) is 20.3 Å². The maximum Gasteiger partial charge on any atom is 0.265 e. The molecule has 9 heteroatoms.